The van der Waals surface area contributed by atoms with Gasteiger partial charge in [-0.2, -0.15) is 4.99 Å². The summed E-state index contributed by atoms with van der Waals surface area (Å²) in [6, 6.07) is 9.89. The van der Waals surface area contributed by atoms with Gasteiger partial charge in [0.05, 0.1) is 23.2 Å². The van der Waals surface area contributed by atoms with Gasteiger partial charge in [0.15, 0.2) is 16.3 Å². The molecule has 6 heteroatoms. The summed E-state index contributed by atoms with van der Waals surface area (Å²) in [6.45, 7) is 4.56. The average molecular weight is 378 g/mol. The van der Waals surface area contributed by atoms with Crippen molar-refractivity contribution in [3.63, 3.8) is 0 Å². The van der Waals surface area contributed by atoms with E-state index < -0.39 is 0 Å². The predicted octanol–water partition coefficient (Wildman–Crippen LogP) is 3.35. The van der Waals surface area contributed by atoms with Gasteiger partial charge in [-0.25, -0.2) is 0 Å². The molecule has 0 spiro atoms. The summed E-state index contributed by atoms with van der Waals surface area (Å²) in [6.07, 6.45) is 5.80. The van der Waals surface area contributed by atoms with Crippen molar-refractivity contribution in [3.8, 4) is 23.8 Å². The first kappa shape index (κ1) is 17.4. The lowest BCUT2D eigenvalue weighted by atomic mass is 10.0. The van der Waals surface area contributed by atoms with Crippen LogP contribution in [-0.4, -0.2) is 17.3 Å². The van der Waals surface area contributed by atoms with Crippen LogP contribution in [0.15, 0.2) is 35.3 Å². The fourth-order valence-electron chi connectivity index (χ4n) is 3.09. The van der Waals surface area contributed by atoms with Gasteiger partial charge in [-0.15, -0.1) is 6.42 Å². The van der Waals surface area contributed by atoms with Crippen molar-refractivity contribution in [3.05, 3.63) is 51.8 Å². The van der Waals surface area contributed by atoms with Gasteiger partial charge in [-0.3, -0.25) is 4.79 Å². The molecule has 0 saturated heterocycles. The zero-order valence-corrected chi connectivity index (χ0v) is 15.9. The van der Waals surface area contributed by atoms with E-state index >= 15 is 0 Å². The van der Waals surface area contributed by atoms with Crippen LogP contribution in [0.1, 0.15) is 16.7 Å². The molecular weight excluding hydrogens is 360 g/mol. The van der Waals surface area contributed by atoms with Crippen molar-refractivity contribution >= 4 is 27.5 Å². The number of carbonyl (C=O) groups is 1. The highest BCUT2D eigenvalue weighted by Gasteiger charge is 2.18. The fraction of sp³-hybridized carbons (Fsp3) is 0.238. The van der Waals surface area contributed by atoms with Gasteiger partial charge in [0.25, 0.3) is 5.91 Å². The number of benzene rings is 2. The summed E-state index contributed by atoms with van der Waals surface area (Å²) < 4.78 is 13.7. The Balaban J connectivity index is 1.75. The second kappa shape index (κ2) is 6.93. The lowest BCUT2D eigenvalue weighted by Gasteiger charge is -2.04. The van der Waals surface area contributed by atoms with Gasteiger partial charge in [0, 0.05) is 12.1 Å². The smallest absolute Gasteiger partial charge is 0.252 e. The van der Waals surface area contributed by atoms with Crippen LogP contribution in [0.5, 0.6) is 11.5 Å². The van der Waals surface area contributed by atoms with Crippen molar-refractivity contribution in [1.29, 1.82) is 0 Å². The molecular formula is C21H18N2O3S. The first-order valence-corrected chi connectivity index (χ1v) is 9.37. The van der Waals surface area contributed by atoms with E-state index in [1.165, 1.54) is 11.3 Å². The Morgan fingerprint density at radius 3 is 2.81 bits per heavy atom. The summed E-state index contributed by atoms with van der Waals surface area (Å²) in [5, 5.41) is 0. The molecule has 1 aliphatic rings. The lowest BCUT2D eigenvalue weighted by Crippen LogP contribution is -2.17. The molecule has 2 aromatic carbocycles. The Morgan fingerprint density at radius 1 is 1.26 bits per heavy atom. The van der Waals surface area contributed by atoms with Gasteiger partial charge < -0.3 is 14.0 Å². The lowest BCUT2D eigenvalue weighted by molar-refractivity contribution is -0.117. The zero-order valence-electron chi connectivity index (χ0n) is 15.1. The molecule has 4 rings (SSSR count). The SMILES string of the molecule is C#CCn1c(=NC(=O)Cc2cc(C)ccc2C)sc2cc3c(cc21)OCO3. The van der Waals surface area contributed by atoms with Gasteiger partial charge in [0.1, 0.15) is 0 Å². The number of rotatable bonds is 3. The van der Waals surface area contributed by atoms with Crippen molar-refractivity contribution in [2.75, 3.05) is 6.79 Å². The molecule has 136 valence electrons. The Kier molecular flexibility index (Phi) is 4.46. The van der Waals surface area contributed by atoms with Crippen molar-refractivity contribution < 1.29 is 14.3 Å². The molecule has 5 nitrogen and oxygen atoms in total. The second-order valence-corrected chi connectivity index (χ2v) is 7.47. The maximum Gasteiger partial charge on any atom is 0.252 e. The number of hydrogen-bond donors (Lipinski definition) is 0. The third-order valence-corrected chi connectivity index (χ3v) is 5.53. The molecule has 0 N–H and O–H groups in total. The monoisotopic (exact) mass is 378 g/mol. The van der Waals surface area contributed by atoms with Crippen LogP contribution in [0.2, 0.25) is 0 Å². The summed E-state index contributed by atoms with van der Waals surface area (Å²) in [5.74, 6) is 3.82. The van der Waals surface area contributed by atoms with Crippen LogP contribution in [0.25, 0.3) is 10.2 Å². The first-order valence-electron chi connectivity index (χ1n) is 8.55. The molecule has 3 aromatic rings. The molecule has 0 saturated carbocycles. The maximum atomic E-state index is 12.6. The average Bonchev–Trinajstić information content (AvgIpc) is 3.21. The minimum atomic E-state index is -0.193. The number of aryl methyl sites for hydroxylation is 2. The van der Waals surface area contributed by atoms with Crippen LogP contribution in [0.4, 0.5) is 0 Å². The Hall–Kier alpha value is -3.04. The van der Waals surface area contributed by atoms with E-state index in [9.17, 15) is 4.79 Å². The van der Waals surface area contributed by atoms with Gasteiger partial charge in [-0.05, 0) is 25.0 Å². The fourth-order valence-corrected chi connectivity index (χ4v) is 4.15. The standard InChI is InChI=1S/C21H18N2O3S/c1-4-7-23-16-10-17-18(26-12-25-17)11-19(16)27-21(23)22-20(24)9-15-8-13(2)5-6-14(15)3/h1,5-6,8,10-11H,7,9,12H2,2-3H3. The molecule has 0 unspecified atom stereocenters. The van der Waals surface area contributed by atoms with Crippen LogP contribution in [-0.2, 0) is 17.8 Å². The minimum absolute atomic E-state index is 0.193. The van der Waals surface area contributed by atoms with E-state index in [-0.39, 0.29) is 19.1 Å². The van der Waals surface area contributed by atoms with Crippen molar-refractivity contribution in [1.82, 2.24) is 4.57 Å². The van der Waals surface area contributed by atoms with Crippen LogP contribution in [0, 0.1) is 26.2 Å². The number of fused-ring (bicyclic) bond motifs is 2. The molecule has 0 atom stereocenters. The van der Waals surface area contributed by atoms with E-state index in [0.717, 1.165) is 26.9 Å². The van der Waals surface area contributed by atoms with E-state index in [2.05, 4.69) is 10.9 Å². The maximum absolute atomic E-state index is 12.6. The largest absolute Gasteiger partial charge is 0.454 e. The highest BCUT2D eigenvalue weighted by Crippen LogP contribution is 2.36. The number of aromatic nitrogens is 1. The molecule has 0 aliphatic carbocycles. The van der Waals surface area contributed by atoms with Gasteiger partial charge >= 0.3 is 0 Å². The second-order valence-electron chi connectivity index (χ2n) is 6.46. The quantitative estimate of drug-likeness (QED) is 0.657. The normalized spacial score (nSPS) is 13.1. The summed E-state index contributed by atoms with van der Waals surface area (Å²) >= 11 is 1.42. The molecule has 0 radical (unpaired) electrons. The molecule has 27 heavy (non-hydrogen) atoms. The number of carbonyl (C=O) groups excluding carboxylic acids is 1. The van der Waals surface area contributed by atoms with E-state index in [1.54, 1.807) is 0 Å². The molecule has 1 aliphatic heterocycles. The Bertz CT molecular complexity index is 1160. The number of thiazole rings is 1. The highest BCUT2D eigenvalue weighted by atomic mass is 32.1. The molecule has 1 aromatic heterocycles. The summed E-state index contributed by atoms with van der Waals surface area (Å²) in [7, 11) is 0. The number of terminal acetylenes is 1. The topological polar surface area (TPSA) is 52.8 Å². The number of amides is 1. The first-order chi connectivity index (χ1) is 13.0. The van der Waals surface area contributed by atoms with Gasteiger partial charge in [-0.1, -0.05) is 41.0 Å². The Labute approximate surface area is 160 Å². The third-order valence-electron chi connectivity index (χ3n) is 4.49. The van der Waals surface area contributed by atoms with Crippen molar-refractivity contribution in [2.45, 2.75) is 26.8 Å². The van der Waals surface area contributed by atoms with Crippen LogP contribution in [0.3, 0.4) is 0 Å². The van der Waals surface area contributed by atoms with E-state index in [1.807, 2.05) is 48.7 Å². The minimum Gasteiger partial charge on any atom is -0.454 e. The molecule has 1 amide bonds. The summed E-state index contributed by atoms with van der Waals surface area (Å²) in [4.78, 5) is 17.5. The van der Waals surface area contributed by atoms with Crippen LogP contribution >= 0.6 is 11.3 Å². The zero-order chi connectivity index (χ0) is 19.0. The van der Waals surface area contributed by atoms with E-state index in [4.69, 9.17) is 15.9 Å². The summed E-state index contributed by atoms with van der Waals surface area (Å²) in [5.41, 5.74) is 4.10. The predicted molar refractivity (Wildman–Crippen MR) is 105 cm³/mol. The highest BCUT2D eigenvalue weighted by molar-refractivity contribution is 7.16. The number of hydrogen-bond acceptors (Lipinski definition) is 4. The molecule has 2 heterocycles. The van der Waals surface area contributed by atoms with Crippen molar-refractivity contribution in [2.24, 2.45) is 4.99 Å². The van der Waals surface area contributed by atoms with E-state index in [0.29, 0.717) is 22.8 Å². The number of nitrogens with zero attached hydrogens (tertiary/aromatic N) is 2. The Morgan fingerprint density at radius 2 is 2.04 bits per heavy atom. The third kappa shape index (κ3) is 3.34. The van der Waals surface area contributed by atoms with Gasteiger partial charge in [0.2, 0.25) is 6.79 Å². The number of ether oxygens (including phenoxy) is 2. The molecule has 0 fully saturated rings. The van der Waals surface area contributed by atoms with Crippen LogP contribution < -0.4 is 14.3 Å². The molecule has 0 bridgehead atoms.